The van der Waals surface area contributed by atoms with Crippen LogP contribution < -0.4 is 0 Å². The molecule has 5 nitrogen and oxygen atoms in total. The molecule has 1 spiro atoms. The van der Waals surface area contributed by atoms with Gasteiger partial charge in [0.15, 0.2) is 0 Å². The lowest BCUT2D eigenvalue weighted by Gasteiger charge is -2.45. The van der Waals surface area contributed by atoms with Crippen molar-refractivity contribution in [1.82, 2.24) is 14.8 Å². The van der Waals surface area contributed by atoms with Crippen molar-refractivity contribution < 1.29 is 14.0 Å². The Morgan fingerprint density at radius 3 is 2.59 bits per heavy atom. The summed E-state index contributed by atoms with van der Waals surface area (Å²) in [6.45, 7) is 7.17. The number of benzene rings is 1. The molecule has 1 unspecified atom stereocenters. The van der Waals surface area contributed by atoms with E-state index in [9.17, 15) is 14.0 Å². The van der Waals surface area contributed by atoms with Gasteiger partial charge in [-0.3, -0.25) is 9.59 Å². The number of para-hydroxylation sites is 1. The Bertz CT molecular complexity index is 920. The molecule has 2 aromatic rings. The molecule has 27 heavy (non-hydrogen) atoms. The van der Waals surface area contributed by atoms with Crippen LogP contribution in [-0.2, 0) is 4.79 Å². The second-order valence-electron chi connectivity index (χ2n) is 8.08. The third kappa shape index (κ3) is 2.57. The summed E-state index contributed by atoms with van der Waals surface area (Å²) in [4.78, 5) is 33.4. The number of aromatic amines is 1. The summed E-state index contributed by atoms with van der Waals surface area (Å²) in [7, 11) is 0. The highest BCUT2D eigenvalue weighted by atomic mass is 19.1. The Kier molecular flexibility index (Phi) is 4.24. The van der Waals surface area contributed by atoms with E-state index in [1.807, 2.05) is 31.7 Å². The minimum Gasteiger partial charge on any atom is -0.348 e. The van der Waals surface area contributed by atoms with Crippen LogP contribution in [0.1, 0.15) is 55.6 Å². The van der Waals surface area contributed by atoms with Gasteiger partial charge >= 0.3 is 0 Å². The second kappa shape index (κ2) is 6.36. The minimum absolute atomic E-state index is 0.0644. The third-order valence-corrected chi connectivity index (χ3v) is 6.26. The van der Waals surface area contributed by atoms with Crippen molar-refractivity contribution in [3.63, 3.8) is 0 Å². The van der Waals surface area contributed by atoms with Gasteiger partial charge in [-0.15, -0.1) is 0 Å². The van der Waals surface area contributed by atoms with Gasteiger partial charge in [0.25, 0.3) is 5.91 Å². The van der Waals surface area contributed by atoms with Gasteiger partial charge in [0.05, 0.1) is 5.52 Å². The fraction of sp³-hybridized carbons (Fsp3) is 0.524. The van der Waals surface area contributed by atoms with Crippen molar-refractivity contribution in [2.45, 2.75) is 58.0 Å². The maximum atomic E-state index is 14.2. The van der Waals surface area contributed by atoms with E-state index in [0.29, 0.717) is 36.0 Å². The minimum atomic E-state index is -0.748. The van der Waals surface area contributed by atoms with E-state index in [1.54, 1.807) is 11.0 Å². The molecule has 0 aliphatic carbocycles. The standard InChI is InChI=1S/C21H26FN3O2/c1-13(2)24-11-5-9-21(20(24)27)10-6-12-25(21)19(26)17-14(3)15-7-4-8-16(22)18(15)23-17/h4,7-8,13,23H,5-6,9-12H2,1-3H3. The zero-order valence-corrected chi connectivity index (χ0v) is 16.1. The number of amides is 2. The smallest absolute Gasteiger partial charge is 0.271 e. The van der Waals surface area contributed by atoms with Crippen molar-refractivity contribution in [3.8, 4) is 0 Å². The van der Waals surface area contributed by atoms with E-state index in [-0.39, 0.29) is 23.7 Å². The molecule has 1 N–H and O–H groups in total. The monoisotopic (exact) mass is 371 g/mol. The lowest BCUT2D eigenvalue weighted by Crippen LogP contribution is -2.62. The van der Waals surface area contributed by atoms with Gasteiger partial charge in [-0.05, 0) is 58.1 Å². The highest BCUT2D eigenvalue weighted by molar-refractivity contribution is 6.04. The number of likely N-dealkylation sites (tertiary alicyclic amines) is 2. The molecule has 4 rings (SSSR count). The molecule has 2 saturated heterocycles. The van der Waals surface area contributed by atoms with E-state index in [2.05, 4.69) is 4.98 Å². The second-order valence-corrected chi connectivity index (χ2v) is 8.08. The Morgan fingerprint density at radius 1 is 1.22 bits per heavy atom. The summed E-state index contributed by atoms with van der Waals surface area (Å²) in [5.74, 6) is -0.500. The first-order chi connectivity index (χ1) is 12.9. The number of carbonyl (C=O) groups excluding carboxylic acids is 2. The lowest BCUT2D eigenvalue weighted by molar-refractivity contribution is -0.147. The topological polar surface area (TPSA) is 56.4 Å². The van der Waals surface area contributed by atoms with Crippen molar-refractivity contribution in [2.75, 3.05) is 13.1 Å². The lowest BCUT2D eigenvalue weighted by atomic mass is 9.84. The number of halogens is 1. The van der Waals surface area contributed by atoms with Gasteiger partial charge in [-0.1, -0.05) is 12.1 Å². The summed E-state index contributed by atoms with van der Waals surface area (Å²) < 4.78 is 14.2. The summed E-state index contributed by atoms with van der Waals surface area (Å²) >= 11 is 0. The number of piperidine rings is 1. The fourth-order valence-electron chi connectivity index (χ4n) is 4.83. The molecule has 0 bridgehead atoms. The van der Waals surface area contributed by atoms with Gasteiger partial charge in [-0.25, -0.2) is 4.39 Å². The Balaban J connectivity index is 1.74. The first kappa shape index (κ1) is 18.0. The molecular weight excluding hydrogens is 345 g/mol. The van der Waals surface area contributed by atoms with Crippen molar-refractivity contribution in [3.05, 3.63) is 35.3 Å². The number of aryl methyl sites for hydroxylation is 1. The third-order valence-electron chi connectivity index (χ3n) is 6.26. The molecule has 3 heterocycles. The Labute approximate surface area is 158 Å². The number of fused-ring (bicyclic) bond motifs is 1. The molecule has 2 aliphatic rings. The zero-order valence-electron chi connectivity index (χ0n) is 16.1. The molecule has 6 heteroatoms. The van der Waals surface area contributed by atoms with Crippen LogP contribution in [0.4, 0.5) is 4.39 Å². The van der Waals surface area contributed by atoms with Crippen molar-refractivity contribution in [1.29, 1.82) is 0 Å². The molecular formula is C21H26FN3O2. The van der Waals surface area contributed by atoms with Crippen LogP contribution >= 0.6 is 0 Å². The number of nitrogens with zero attached hydrogens (tertiary/aromatic N) is 2. The van der Waals surface area contributed by atoms with E-state index in [4.69, 9.17) is 0 Å². The summed E-state index contributed by atoms with van der Waals surface area (Å²) in [5, 5.41) is 0.713. The van der Waals surface area contributed by atoms with Crippen molar-refractivity contribution >= 4 is 22.7 Å². The fourth-order valence-corrected chi connectivity index (χ4v) is 4.83. The van der Waals surface area contributed by atoms with Gasteiger partial charge < -0.3 is 14.8 Å². The Morgan fingerprint density at radius 2 is 1.93 bits per heavy atom. The highest BCUT2D eigenvalue weighted by Crippen LogP contribution is 2.40. The molecule has 1 aromatic heterocycles. The molecule has 1 atom stereocenters. The van der Waals surface area contributed by atoms with Gasteiger partial charge in [0.2, 0.25) is 5.91 Å². The quantitative estimate of drug-likeness (QED) is 0.877. The molecule has 2 amide bonds. The van der Waals surface area contributed by atoms with Crippen LogP contribution in [0.25, 0.3) is 10.9 Å². The first-order valence-corrected chi connectivity index (χ1v) is 9.76. The number of hydrogen-bond donors (Lipinski definition) is 1. The van der Waals surface area contributed by atoms with E-state index in [0.717, 1.165) is 24.9 Å². The number of H-pyrrole nitrogens is 1. The predicted molar refractivity (Wildman–Crippen MR) is 102 cm³/mol. The predicted octanol–water partition coefficient (Wildman–Crippen LogP) is 3.62. The highest BCUT2D eigenvalue weighted by Gasteiger charge is 2.53. The maximum Gasteiger partial charge on any atom is 0.271 e. The van der Waals surface area contributed by atoms with Crippen LogP contribution in [-0.4, -0.2) is 51.3 Å². The van der Waals surface area contributed by atoms with Crippen LogP contribution in [0.15, 0.2) is 18.2 Å². The average molecular weight is 371 g/mol. The first-order valence-electron chi connectivity index (χ1n) is 9.76. The Hall–Kier alpha value is -2.37. The number of nitrogens with one attached hydrogen (secondary N) is 1. The average Bonchev–Trinajstić information content (AvgIpc) is 3.20. The number of hydrogen-bond acceptors (Lipinski definition) is 2. The van der Waals surface area contributed by atoms with Gasteiger partial charge in [0.1, 0.15) is 17.1 Å². The van der Waals surface area contributed by atoms with Gasteiger partial charge in [0, 0.05) is 24.5 Å². The van der Waals surface area contributed by atoms with Crippen LogP contribution in [0, 0.1) is 12.7 Å². The zero-order chi connectivity index (χ0) is 19.3. The summed E-state index contributed by atoms with van der Waals surface area (Å²) in [6.07, 6.45) is 3.12. The molecule has 0 radical (unpaired) electrons. The van der Waals surface area contributed by atoms with E-state index >= 15 is 0 Å². The van der Waals surface area contributed by atoms with E-state index < -0.39 is 5.54 Å². The normalized spacial score (nSPS) is 23.2. The molecule has 2 aliphatic heterocycles. The molecule has 144 valence electrons. The van der Waals surface area contributed by atoms with Gasteiger partial charge in [-0.2, -0.15) is 0 Å². The molecule has 0 saturated carbocycles. The maximum absolute atomic E-state index is 14.2. The number of carbonyl (C=O) groups is 2. The number of rotatable bonds is 2. The molecule has 2 fully saturated rings. The van der Waals surface area contributed by atoms with E-state index in [1.165, 1.54) is 6.07 Å². The molecule has 1 aromatic carbocycles. The van der Waals surface area contributed by atoms with Crippen LogP contribution in [0.3, 0.4) is 0 Å². The summed E-state index contributed by atoms with van der Waals surface area (Å²) in [5.41, 5.74) is 0.735. The van der Waals surface area contributed by atoms with Crippen molar-refractivity contribution in [2.24, 2.45) is 0 Å². The summed E-state index contributed by atoms with van der Waals surface area (Å²) in [6, 6.07) is 4.97. The van der Waals surface area contributed by atoms with Crippen LogP contribution in [0.5, 0.6) is 0 Å². The SMILES string of the molecule is Cc1c(C(=O)N2CCCC23CCCN(C(C)C)C3=O)[nH]c2c(F)cccc12. The number of aromatic nitrogens is 1. The largest absolute Gasteiger partial charge is 0.348 e. The van der Waals surface area contributed by atoms with Crippen LogP contribution in [0.2, 0.25) is 0 Å².